The summed E-state index contributed by atoms with van der Waals surface area (Å²) >= 11 is 0. The average Bonchev–Trinajstić information content (AvgIpc) is 2.77. The van der Waals surface area contributed by atoms with Gasteiger partial charge in [0.25, 0.3) is 0 Å². The van der Waals surface area contributed by atoms with Gasteiger partial charge in [-0.1, -0.05) is 0 Å². The fraction of sp³-hybridized carbons (Fsp3) is 0.727. The minimum absolute atomic E-state index is 0.153. The minimum atomic E-state index is -0.197. The molecule has 1 fully saturated rings. The summed E-state index contributed by atoms with van der Waals surface area (Å²) in [5.74, 6) is 0. The van der Waals surface area contributed by atoms with Gasteiger partial charge in [0.05, 0.1) is 11.8 Å². The van der Waals surface area contributed by atoms with Crippen LogP contribution in [0.2, 0.25) is 0 Å². The van der Waals surface area contributed by atoms with Gasteiger partial charge in [-0.3, -0.25) is 4.68 Å². The second kappa shape index (κ2) is 3.09. The van der Waals surface area contributed by atoms with E-state index in [0.29, 0.717) is 0 Å². The quantitative estimate of drug-likeness (QED) is 0.790. The number of rotatable bonds is 3. The van der Waals surface area contributed by atoms with Crippen LogP contribution in [0.1, 0.15) is 31.2 Å². The van der Waals surface area contributed by atoms with Gasteiger partial charge >= 0.3 is 0 Å². The van der Waals surface area contributed by atoms with E-state index in [0.717, 1.165) is 25.0 Å². The fourth-order valence-corrected chi connectivity index (χ4v) is 2.09. The second-order valence-corrected chi connectivity index (χ2v) is 4.62. The third kappa shape index (κ3) is 1.57. The lowest BCUT2D eigenvalue weighted by molar-refractivity contribution is 0.109. The molecule has 0 saturated heterocycles. The standard InChI is InChI=1S/C11H18N2O/c1-8-6-10(13(3)12-8)7-11(4-5-11)9(2)14/h6,9,14H,4-5,7H2,1-3H3. The van der Waals surface area contributed by atoms with E-state index in [4.69, 9.17) is 0 Å². The van der Waals surface area contributed by atoms with Crippen LogP contribution in [0, 0.1) is 12.3 Å². The van der Waals surface area contributed by atoms with Gasteiger partial charge in [0.15, 0.2) is 0 Å². The largest absolute Gasteiger partial charge is 0.393 e. The third-order valence-electron chi connectivity index (χ3n) is 3.41. The Kier molecular flexibility index (Phi) is 2.14. The maximum Gasteiger partial charge on any atom is 0.0596 e. The zero-order chi connectivity index (χ0) is 10.3. The summed E-state index contributed by atoms with van der Waals surface area (Å²) in [6.07, 6.45) is 3.06. The highest BCUT2D eigenvalue weighted by atomic mass is 16.3. The zero-order valence-corrected chi connectivity index (χ0v) is 9.12. The minimum Gasteiger partial charge on any atom is -0.393 e. The van der Waals surface area contributed by atoms with Gasteiger partial charge in [-0.05, 0) is 39.2 Å². The Bertz CT molecular complexity index is 337. The Hall–Kier alpha value is -0.830. The topological polar surface area (TPSA) is 38.0 Å². The number of hydrogen-bond donors (Lipinski definition) is 1. The zero-order valence-electron chi connectivity index (χ0n) is 9.12. The first-order valence-electron chi connectivity index (χ1n) is 5.21. The molecule has 1 aliphatic rings. The van der Waals surface area contributed by atoms with Gasteiger partial charge < -0.3 is 5.11 Å². The summed E-state index contributed by atoms with van der Waals surface area (Å²) in [4.78, 5) is 0. The fourth-order valence-electron chi connectivity index (χ4n) is 2.09. The van der Waals surface area contributed by atoms with Crippen molar-refractivity contribution in [2.45, 2.75) is 39.2 Å². The van der Waals surface area contributed by atoms with E-state index in [1.807, 2.05) is 25.6 Å². The van der Waals surface area contributed by atoms with Crippen molar-refractivity contribution in [3.8, 4) is 0 Å². The lowest BCUT2D eigenvalue weighted by Crippen LogP contribution is -2.21. The molecule has 1 heterocycles. The number of nitrogens with zero attached hydrogens (tertiary/aromatic N) is 2. The molecule has 1 aromatic rings. The molecule has 0 aliphatic heterocycles. The summed E-state index contributed by atoms with van der Waals surface area (Å²) in [5, 5.41) is 14.0. The van der Waals surface area contributed by atoms with Crippen molar-refractivity contribution in [1.29, 1.82) is 0 Å². The van der Waals surface area contributed by atoms with Crippen LogP contribution in [0.3, 0.4) is 0 Å². The molecule has 1 saturated carbocycles. The molecule has 14 heavy (non-hydrogen) atoms. The van der Waals surface area contributed by atoms with Crippen LogP contribution < -0.4 is 0 Å². The molecule has 3 nitrogen and oxygen atoms in total. The smallest absolute Gasteiger partial charge is 0.0596 e. The molecule has 78 valence electrons. The maximum absolute atomic E-state index is 9.67. The summed E-state index contributed by atoms with van der Waals surface area (Å²) in [6.45, 7) is 3.90. The molecule has 2 rings (SSSR count). The SMILES string of the molecule is Cc1cc(CC2(C(C)O)CC2)n(C)n1. The van der Waals surface area contributed by atoms with Crippen LogP contribution in [0.25, 0.3) is 0 Å². The molecule has 0 amide bonds. The number of aliphatic hydroxyl groups excluding tert-OH is 1. The highest BCUT2D eigenvalue weighted by Gasteiger charge is 2.47. The first kappa shape index (κ1) is 9.71. The predicted molar refractivity (Wildman–Crippen MR) is 55.0 cm³/mol. The second-order valence-electron chi connectivity index (χ2n) is 4.62. The van der Waals surface area contributed by atoms with E-state index in [1.54, 1.807) is 0 Å². The van der Waals surface area contributed by atoms with E-state index in [2.05, 4.69) is 11.2 Å². The Labute approximate surface area is 84.7 Å². The lowest BCUT2D eigenvalue weighted by Gasteiger charge is -2.18. The van der Waals surface area contributed by atoms with E-state index >= 15 is 0 Å². The summed E-state index contributed by atoms with van der Waals surface area (Å²) in [7, 11) is 1.97. The molecule has 1 aliphatic carbocycles. The van der Waals surface area contributed by atoms with Crippen molar-refractivity contribution < 1.29 is 5.11 Å². The molecule has 3 heteroatoms. The first-order valence-corrected chi connectivity index (χ1v) is 5.21. The number of aryl methyl sites for hydroxylation is 2. The van der Waals surface area contributed by atoms with Crippen LogP contribution in [0.5, 0.6) is 0 Å². The highest BCUT2D eigenvalue weighted by Crippen LogP contribution is 2.51. The van der Waals surface area contributed by atoms with E-state index in [-0.39, 0.29) is 11.5 Å². The number of aromatic nitrogens is 2. The number of hydrogen-bond acceptors (Lipinski definition) is 2. The van der Waals surface area contributed by atoms with Gasteiger partial charge in [0, 0.05) is 18.2 Å². The highest BCUT2D eigenvalue weighted by molar-refractivity contribution is 5.14. The molecule has 0 bridgehead atoms. The van der Waals surface area contributed by atoms with Crippen molar-refractivity contribution in [3.63, 3.8) is 0 Å². The van der Waals surface area contributed by atoms with Crippen molar-refractivity contribution >= 4 is 0 Å². The van der Waals surface area contributed by atoms with Crippen LogP contribution in [0.4, 0.5) is 0 Å². The molecule has 0 radical (unpaired) electrons. The summed E-state index contributed by atoms with van der Waals surface area (Å²) < 4.78 is 1.93. The third-order valence-corrected chi connectivity index (χ3v) is 3.41. The van der Waals surface area contributed by atoms with Crippen molar-refractivity contribution in [2.24, 2.45) is 12.5 Å². The summed E-state index contributed by atoms with van der Waals surface area (Å²) in [5.41, 5.74) is 2.45. The lowest BCUT2D eigenvalue weighted by atomic mass is 9.94. The predicted octanol–water partition coefficient (Wildman–Crippen LogP) is 1.43. The Morgan fingerprint density at radius 2 is 2.29 bits per heavy atom. The van der Waals surface area contributed by atoms with Gasteiger partial charge in [-0.15, -0.1) is 0 Å². The van der Waals surface area contributed by atoms with Crippen LogP contribution in [-0.4, -0.2) is 21.0 Å². The van der Waals surface area contributed by atoms with Crippen molar-refractivity contribution in [3.05, 3.63) is 17.5 Å². The van der Waals surface area contributed by atoms with E-state index < -0.39 is 0 Å². The molecule has 1 atom stereocenters. The Morgan fingerprint density at radius 3 is 2.64 bits per heavy atom. The normalized spacial score (nSPS) is 20.9. The van der Waals surface area contributed by atoms with Crippen LogP contribution in [-0.2, 0) is 13.5 Å². The monoisotopic (exact) mass is 194 g/mol. The van der Waals surface area contributed by atoms with Gasteiger partial charge in [0.2, 0.25) is 0 Å². The molecule has 1 aromatic heterocycles. The average molecular weight is 194 g/mol. The van der Waals surface area contributed by atoms with Crippen LogP contribution in [0.15, 0.2) is 6.07 Å². The maximum atomic E-state index is 9.67. The molecular weight excluding hydrogens is 176 g/mol. The Balaban J connectivity index is 2.15. The van der Waals surface area contributed by atoms with E-state index in [9.17, 15) is 5.11 Å². The van der Waals surface area contributed by atoms with Crippen molar-refractivity contribution in [2.75, 3.05) is 0 Å². The van der Waals surface area contributed by atoms with Crippen molar-refractivity contribution in [1.82, 2.24) is 9.78 Å². The Morgan fingerprint density at radius 1 is 1.64 bits per heavy atom. The van der Waals surface area contributed by atoms with Gasteiger partial charge in [-0.2, -0.15) is 5.10 Å². The van der Waals surface area contributed by atoms with Gasteiger partial charge in [0.1, 0.15) is 0 Å². The first-order chi connectivity index (χ1) is 6.53. The summed E-state index contributed by atoms with van der Waals surface area (Å²) in [6, 6.07) is 2.11. The van der Waals surface area contributed by atoms with E-state index in [1.165, 1.54) is 5.69 Å². The number of aliphatic hydroxyl groups is 1. The van der Waals surface area contributed by atoms with Gasteiger partial charge in [-0.25, -0.2) is 0 Å². The molecule has 1 N–H and O–H groups in total. The molecule has 0 spiro atoms. The molecule has 1 unspecified atom stereocenters. The van der Waals surface area contributed by atoms with Crippen LogP contribution >= 0.6 is 0 Å². The molecular formula is C11H18N2O. The molecule has 0 aromatic carbocycles.